The highest BCUT2D eigenvalue weighted by molar-refractivity contribution is 7.90. The van der Waals surface area contributed by atoms with Crippen LogP contribution in [0.4, 0.5) is 0 Å². The Hall–Kier alpha value is 0.160. The van der Waals surface area contributed by atoms with Gasteiger partial charge in [0.15, 0.2) is 0 Å². The lowest BCUT2D eigenvalue weighted by Crippen LogP contribution is -2.64. The second kappa shape index (κ2) is 2.82. The van der Waals surface area contributed by atoms with E-state index in [-0.39, 0.29) is 13.1 Å². The molecule has 2 fully saturated rings. The smallest absolute Gasteiger partial charge is 0.228 e. The minimum absolute atomic E-state index is 0.229. The molecule has 1 heterocycles. The molecular formula is C7H12ClNO3S. The minimum atomic E-state index is -3.30. The van der Waals surface area contributed by atoms with Crippen molar-refractivity contribution < 1.29 is 13.5 Å². The van der Waals surface area contributed by atoms with Crippen molar-refractivity contribution >= 4 is 21.6 Å². The maximum Gasteiger partial charge on any atom is 0.228 e. The van der Waals surface area contributed by atoms with Crippen molar-refractivity contribution in [2.24, 2.45) is 5.92 Å². The first-order chi connectivity index (χ1) is 5.98. The Kier molecular flexibility index (Phi) is 2.11. The summed E-state index contributed by atoms with van der Waals surface area (Å²) < 4.78 is 23.6. The van der Waals surface area contributed by atoms with Crippen molar-refractivity contribution in [3.05, 3.63) is 0 Å². The van der Waals surface area contributed by atoms with Crippen LogP contribution in [-0.2, 0) is 10.0 Å². The van der Waals surface area contributed by atoms with Crippen molar-refractivity contribution in [3.8, 4) is 0 Å². The fourth-order valence-electron chi connectivity index (χ4n) is 1.71. The van der Waals surface area contributed by atoms with E-state index < -0.39 is 20.8 Å². The van der Waals surface area contributed by atoms with Crippen LogP contribution >= 0.6 is 11.6 Å². The van der Waals surface area contributed by atoms with E-state index in [1.54, 1.807) is 0 Å². The van der Waals surface area contributed by atoms with Crippen LogP contribution < -0.4 is 0 Å². The highest BCUT2D eigenvalue weighted by atomic mass is 35.5. The maximum absolute atomic E-state index is 11.2. The van der Waals surface area contributed by atoms with E-state index in [0.29, 0.717) is 5.92 Å². The number of nitrogens with zero attached hydrogens (tertiary/aromatic N) is 1. The van der Waals surface area contributed by atoms with E-state index >= 15 is 0 Å². The van der Waals surface area contributed by atoms with E-state index in [9.17, 15) is 13.5 Å². The van der Waals surface area contributed by atoms with Crippen molar-refractivity contribution in [2.75, 3.05) is 18.3 Å². The van der Waals surface area contributed by atoms with Crippen molar-refractivity contribution in [1.82, 2.24) is 4.31 Å². The molecule has 0 atom stereocenters. The average molecular weight is 226 g/mol. The molecular weight excluding hydrogens is 214 g/mol. The van der Waals surface area contributed by atoms with Crippen molar-refractivity contribution in [1.29, 1.82) is 0 Å². The normalized spacial score (nSPS) is 28.5. The van der Waals surface area contributed by atoms with E-state index in [4.69, 9.17) is 11.6 Å². The van der Waals surface area contributed by atoms with E-state index in [1.807, 2.05) is 0 Å². The SMILES string of the molecule is O=S(=O)(CCl)N1CC(O)(C2CC2)C1. The minimum Gasteiger partial charge on any atom is -0.387 e. The largest absolute Gasteiger partial charge is 0.387 e. The number of β-amino-alcohol motifs (C(OH)–C–C–N with tert-alkyl or cyclic N) is 1. The van der Waals surface area contributed by atoms with Gasteiger partial charge < -0.3 is 5.11 Å². The standard InChI is InChI=1S/C7H12ClNO3S/c8-5-13(11,12)9-3-7(10,4-9)6-1-2-6/h6,10H,1-5H2. The molecule has 6 heteroatoms. The molecule has 1 aliphatic carbocycles. The summed E-state index contributed by atoms with van der Waals surface area (Å²) >= 11 is 5.28. The van der Waals surface area contributed by atoms with Gasteiger partial charge in [-0.1, -0.05) is 0 Å². The number of sulfonamides is 1. The Bertz CT molecular complexity index is 306. The molecule has 13 heavy (non-hydrogen) atoms. The zero-order valence-corrected chi connectivity index (χ0v) is 8.68. The molecule has 0 unspecified atom stereocenters. The lowest BCUT2D eigenvalue weighted by atomic mass is 9.91. The maximum atomic E-state index is 11.2. The first kappa shape index (κ1) is 9.71. The lowest BCUT2D eigenvalue weighted by molar-refractivity contribution is -0.0763. The highest BCUT2D eigenvalue weighted by Gasteiger charge is 2.54. The van der Waals surface area contributed by atoms with Gasteiger partial charge in [-0.25, -0.2) is 8.42 Å². The molecule has 2 rings (SSSR count). The second-order valence-electron chi connectivity index (χ2n) is 3.87. The van der Waals surface area contributed by atoms with Gasteiger partial charge in [0, 0.05) is 13.1 Å². The molecule has 4 nitrogen and oxygen atoms in total. The molecule has 1 saturated carbocycles. The third-order valence-corrected chi connectivity index (χ3v) is 4.92. The summed E-state index contributed by atoms with van der Waals surface area (Å²) in [6, 6.07) is 0. The fraction of sp³-hybridized carbons (Fsp3) is 1.00. The summed E-state index contributed by atoms with van der Waals surface area (Å²) in [6.45, 7) is 0.458. The number of aliphatic hydroxyl groups is 1. The zero-order valence-electron chi connectivity index (χ0n) is 7.11. The molecule has 0 aromatic heterocycles. The lowest BCUT2D eigenvalue weighted by Gasteiger charge is -2.45. The molecule has 0 spiro atoms. The van der Waals surface area contributed by atoms with Gasteiger partial charge >= 0.3 is 0 Å². The Morgan fingerprint density at radius 2 is 2.00 bits per heavy atom. The predicted molar refractivity (Wildman–Crippen MR) is 48.9 cm³/mol. The van der Waals surface area contributed by atoms with Crippen LogP contribution in [0.5, 0.6) is 0 Å². The number of rotatable bonds is 3. The molecule has 1 N–H and O–H groups in total. The second-order valence-corrected chi connectivity index (χ2v) is 6.42. The van der Waals surface area contributed by atoms with Crippen LogP contribution in [0.3, 0.4) is 0 Å². The van der Waals surface area contributed by atoms with Crippen LogP contribution in [0.25, 0.3) is 0 Å². The molecule has 76 valence electrons. The van der Waals surface area contributed by atoms with Crippen LogP contribution in [0.2, 0.25) is 0 Å². The summed E-state index contributed by atoms with van der Waals surface area (Å²) in [5.41, 5.74) is -0.751. The van der Waals surface area contributed by atoms with Crippen molar-refractivity contribution in [3.63, 3.8) is 0 Å². The molecule has 0 aromatic rings. The fourth-order valence-corrected chi connectivity index (χ4v) is 3.10. The number of alkyl halides is 1. The Balaban J connectivity index is 1.97. The first-order valence-electron chi connectivity index (χ1n) is 4.24. The summed E-state index contributed by atoms with van der Waals surface area (Å²) in [4.78, 5) is 0. The molecule has 1 saturated heterocycles. The van der Waals surface area contributed by atoms with Crippen molar-refractivity contribution in [2.45, 2.75) is 18.4 Å². The summed E-state index contributed by atoms with van der Waals surface area (Å²) in [7, 11) is -3.30. The molecule has 2 aliphatic rings. The summed E-state index contributed by atoms with van der Waals surface area (Å²) in [5.74, 6) is 0.314. The van der Waals surface area contributed by atoms with Gasteiger partial charge in [-0.05, 0) is 18.8 Å². The quantitative estimate of drug-likeness (QED) is 0.687. The molecule has 0 aromatic carbocycles. The van der Waals surface area contributed by atoms with Gasteiger partial charge in [-0.2, -0.15) is 4.31 Å². The van der Waals surface area contributed by atoms with Crippen LogP contribution in [0, 0.1) is 5.92 Å². The Morgan fingerprint density at radius 3 is 2.38 bits per heavy atom. The van der Waals surface area contributed by atoms with Gasteiger partial charge in [0.25, 0.3) is 0 Å². The van der Waals surface area contributed by atoms with Gasteiger partial charge in [0.2, 0.25) is 10.0 Å². The average Bonchev–Trinajstić information content (AvgIpc) is 2.80. The molecule has 0 amide bonds. The van der Waals surface area contributed by atoms with Gasteiger partial charge in [-0.15, -0.1) is 11.6 Å². The number of hydrogen-bond acceptors (Lipinski definition) is 3. The van der Waals surface area contributed by atoms with E-state index in [1.165, 1.54) is 4.31 Å². The van der Waals surface area contributed by atoms with Crippen LogP contribution in [0.1, 0.15) is 12.8 Å². The third kappa shape index (κ3) is 1.58. The number of hydrogen-bond donors (Lipinski definition) is 1. The van der Waals surface area contributed by atoms with Gasteiger partial charge in [0.1, 0.15) is 5.21 Å². The Morgan fingerprint density at radius 1 is 1.46 bits per heavy atom. The van der Waals surface area contributed by atoms with Gasteiger partial charge in [0.05, 0.1) is 5.60 Å². The molecule has 1 aliphatic heterocycles. The van der Waals surface area contributed by atoms with E-state index in [2.05, 4.69) is 0 Å². The predicted octanol–water partition coefficient (Wildman–Crippen LogP) is -0.0308. The zero-order chi connectivity index (χ0) is 9.69. The molecule has 0 bridgehead atoms. The van der Waals surface area contributed by atoms with E-state index in [0.717, 1.165) is 12.8 Å². The van der Waals surface area contributed by atoms with Crippen LogP contribution in [-0.4, -0.2) is 41.7 Å². The Labute approximate surface area is 82.5 Å². The highest BCUT2D eigenvalue weighted by Crippen LogP contribution is 2.45. The topological polar surface area (TPSA) is 57.6 Å². The van der Waals surface area contributed by atoms with Crippen LogP contribution in [0.15, 0.2) is 0 Å². The van der Waals surface area contributed by atoms with Gasteiger partial charge in [-0.3, -0.25) is 0 Å². The number of halogens is 1. The molecule has 0 radical (unpaired) electrons. The first-order valence-corrected chi connectivity index (χ1v) is 6.38. The summed E-state index contributed by atoms with van der Waals surface area (Å²) in [6.07, 6.45) is 2.04. The third-order valence-electron chi connectivity index (χ3n) is 2.77. The monoisotopic (exact) mass is 225 g/mol. The summed E-state index contributed by atoms with van der Waals surface area (Å²) in [5, 5.41) is 9.43.